The Kier molecular flexibility index (Phi) is 11.0. The number of ether oxygens (including phenoxy) is 2. The first-order chi connectivity index (χ1) is 13.2. The van der Waals surface area contributed by atoms with Crippen LogP contribution < -0.4 is 0 Å². The van der Waals surface area contributed by atoms with E-state index in [1.54, 1.807) is 6.92 Å². The van der Waals surface area contributed by atoms with Crippen LogP contribution in [0.25, 0.3) is 0 Å². The Bertz CT molecular complexity index is 557. The maximum atomic E-state index is 13.3. The van der Waals surface area contributed by atoms with Crippen molar-refractivity contribution in [3.8, 4) is 0 Å². The molecule has 0 aromatic carbocycles. The molecule has 0 aromatic heterocycles. The predicted octanol–water partition coefficient (Wildman–Crippen LogP) is 5.85. The van der Waals surface area contributed by atoms with E-state index in [0.717, 1.165) is 0 Å². The summed E-state index contributed by atoms with van der Waals surface area (Å²) in [5, 5.41) is 8.96. The number of hydrogen-bond acceptors (Lipinski definition) is 5. The number of halogens is 5. The second kappa shape index (κ2) is 10.9. The number of carbonyl (C=O) groups excluding carboxylic acids is 2. The highest BCUT2D eigenvalue weighted by Crippen LogP contribution is 2.42. The molecule has 0 unspecified atom stereocenters. The molecule has 0 spiro atoms. The van der Waals surface area contributed by atoms with Crippen molar-refractivity contribution in [1.82, 2.24) is 0 Å². The van der Waals surface area contributed by atoms with Gasteiger partial charge in [0.2, 0.25) is 0 Å². The Balaban J connectivity index is 0.000000428. The molecule has 1 N–H and O–H groups in total. The van der Waals surface area contributed by atoms with E-state index in [0.29, 0.717) is 11.5 Å². The van der Waals surface area contributed by atoms with E-state index in [9.17, 15) is 18.4 Å². The third kappa shape index (κ3) is 7.39. The maximum absolute atomic E-state index is 13.3. The molecule has 0 saturated carbocycles. The molecule has 0 aliphatic carbocycles. The fourth-order valence-corrected chi connectivity index (χ4v) is 2.88. The van der Waals surface area contributed by atoms with Gasteiger partial charge in [-0.1, -0.05) is 54.6 Å². The molecule has 5 nitrogen and oxygen atoms in total. The highest BCUT2D eigenvalue weighted by atomic mass is 79.9. The maximum Gasteiger partial charge on any atom is 0.355 e. The minimum absolute atomic E-state index is 0.285. The molecule has 6 atom stereocenters. The third-order valence-corrected chi connectivity index (χ3v) is 13.0. The number of alkyl halides is 4. The molecule has 0 bridgehead atoms. The lowest BCUT2D eigenvalue weighted by Crippen LogP contribution is -2.29. The van der Waals surface area contributed by atoms with Crippen molar-refractivity contribution in [3.05, 3.63) is 0 Å². The van der Waals surface area contributed by atoms with Crippen molar-refractivity contribution in [3.63, 3.8) is 0 Å². The van der Waals surface area contributed by atoms with Gasteiger partial charge in [-0.15, -0.1) is 0 Å². The molecule has 11 heteroatoms. The zero-order chi connectivity index (χ0) is 24.3. The monoisotopic (exact) mass is 600 g/mol. The number of carbonyl (C=O) groups is 2. The molecular weight excluding hydrogens is 570 g/mol. The molecule has 0 radical (unpaired) electrons. The smallest absolute Gasteiger partial charge is 0.355 e. The molecule has 2 rings (SSSR count). The summed E-state index contributed by atoms with van der Waals surface area (Å²) in [5.74, 6) is -2.80. The van der Waals surface area contributed by atoms with Crippen LogP contribution in [-0.2, 0) is 19.1 Å². The molecule has 2 saturated heterocycles. The minimum atomic E-state index is -2.12. The largest absolute Gasteiger partial charge is 0.459 e. The molecule has 2 aliphatic rings. The molecule has 0 aromatic rings. The van der Waals surface area contributed by atoms with E-state index in [1.165, 1.54) is 6.92 Å². The van der Waals surface area contributed by atoms with Crippen LogP contribution in [0, 0.1) is 11.8 Å². The summed E-state index contributed by atoms with van der Waals surface area (Å²) in [6.07, 6.45) is -0.358. The van der Waals surface area contributed by atoms with Gasteiger partial charge in [-0.3, -0.25) is 0 Å². The zero-order valence-corrected chi connectivity index (χ0v) is 23.6. The number of cyclic esters (lactones) is 2. The molecular formula is C19H33Br2ClF2O5Si. The molecule has 30 heavy (non-hydrogen) atoms. The van der Waals surface area contributed by atoms with Crippen molar-refractivity contribution < 1.29 is 33.0 Å². The van der Waals surface area contributed by atoms with Crippen LogP contribution in [0.4, 0.5) is 8.78 Å². The van der Waals surface area contributed by atoms with Crippen molar-refractivity contribution in [2.45, 2.75) is 87.5 Å². The Morgan fingerprint density at radius 3 is 1.43 bits per heavy atom. The van der Waals surface area contributed by atoms with Crippen molar-refractivity contribution in [2.75, 3.05) is 6.61 Å². The fraction of sp³-hybridized carbons (Fsp3) is 0.895. The van der Waals surface area contributed by atoms with Crippen LogP contribution in [0.15, 0.2) is 0 Å². The Morgan fingerprint density at radius 1 is 1.03 bits per heavy atom. The lowest BCUT2D eigenvalue weighted by Gasteiger charge is -2.29. The molecule has 2 aliphatic heterocycles. The summed E-state index contributed by atoms with van der Waals surface area (Å²) in [4.78, 5) is 21.6. The summed E-state index contributed by atoms with van der Waals surface area (Å²) >= 11 is 11.5. The SMILES string of the molecule is CC(C)(C)[Si](C)(C)Cl.CC[C@H]1OC(=O)[C@@](F)(Br)[C@@H]1C.C[C@@H]1[C@@H](CO)OC(=O)[C@@]1(F)Br. The van der Waals surface area contributed by atoms with Gasteiger partial charge < -0.3 is 14.6 Å². The molecule has 2 heterocycles. The van der Waals surface area contributed by atoms with Crippen LogP contribution in [0.5, 0.6) is 0 Å². The number of esters is 2. The summed E-state index contributed by atoms with van der Waals surface area (Å²) in [6.45, 7) is 15.6. The van der Waals surface area contributed by atoms with E-state index in [-0.39, 0.29) is 12.7 Å². The van der Waals surface area contributed by atoms with Gasteiger partial charge in [0.05, 0.1) is 12.5 Å². The standard InChI is InChI=1S/C7H10BrFO2.C6H8BrFO3.C6H15ClSi/c1-3-5-4(2)7(8,9)6(10)11-5;1-3-4(2-9)11-5(10)6(3,7)8;1-6(2,3)8(4,5)7/h4-5H,3H2,1-2H3;3-4,9H,2H2,1H3;1-5H3/t4-,5-,7-;3-,4-,6-;/m11./s1. The molecule has 0 amide bonds. The van der Waals surface area contributed by atoms with Crippen LogP contribution in [0.3, 0.4) is 0 Å². The zero-order valence-electron chi connectivity index (χ0n) is 18.7. The second-order valence-electron chi connectivity index (χ2n) is 9.02. The van der Waals surface area contributed by atoms with Gasteiger partial charge >= 0.3 is 11.9 Å². The van der Waals surface area contributed by atoms with Gasteiger partial charge in [0.15, 0.2) is 7.38 Å². The second-order valence-corrected chi connectivity index (χ2v) is 18.6. The predicted molar refractivity (Wildman–Crippen MR) is 124 cm³/mol. The average molecular weight is 603 g/mol. The van der Waals surface area contributed by atoms with Crippen LogP contribution in [0.1, 0.15) is 48.0 Å². The van der Waals surface area contributed by atoms with Crippen molar-refractivity contribution in [1.29, 1.82) is 0 Å². The summed E-state index contributed by atoms with van der Waals surface area (Å²) in [5.41, 5.74) is 0. The highest BCUT2D eigenvalue weighted by molar-refractivity contribution is 9.10. The van der Waals surface area contributed by atoms with Gasteiger partial charge in [0, 0.05) is 5.92 Å². The first-order valence-corrected chi connectivity index (χ1v) is 15.3. The van der Waals surface area contributed by atoms with E-state index in [1.807, 2.05) is 6.92 Å². The van der Waals surface area contributed by atoms with Crippen molar-refractivity contribution >= 4 is 62.3 Å². The third-order valence-electron chi connectivity index (χ3n) is 5.69. The van der Waals surface area contributed by atoms with Gasteiger partial charge in [0.1, 0.15) is 12.2 Å². The average Bonchev–Trinajstić information content (AvgIpc) is 2.92. The van der Waals surface area contributed by atoms with Crippen LogP contribution in [0.2, 0.25) is 18.1 Å². The van der Waals surface area contributed by atoms with Gasteiger partial charge in [-0.2, -0.15) is 11.1 Å². The van der Waals surface area contributed by atoms with E-state index in [4.69, 9.17) is 20.9 Å². The van der Waals surface area contributed by atoms with Crippen molar-refractivity contribution in [2.24, 2.45) is 11.8 Å². The highest BCUT2D eigenvalue weighted by Gasteiger charge is 2.55. The topological polar surface area (TPSA) is 72.8 Å². The van der Waals surface area contributed by atoms with Crippen LogP contribution >= 0.6 is 42.9 Å². The Hall–Kier alpha value is 0.227. The Labute approximate surface area is 200 Å². The van der Waals surface area contributed by atoms with Gasteiger partial charge in [0.25, 0.3) is 9.16 Å². The number of hydrogen-bond donors (Lipinski definition) is 1. The van der Waals surface area contributed by atoms with Gasteiger partial charge in [-0.05, 0) is 43.3 Å². The van der Waals surface area contributed by atoms with E-state index < -0.39 is 46.4 Å². The summed E-state index contributed by atoms with van der Waals surface area (Å²) < 4.78 is 31.7. The number of rotatable bonds is 2. The molecule has 178 valence electrons. The first kappa shape index (κ1) is 30.2. The Morgan fingerprint density at radius 2 is 1.33 bits per heavy atom. The quantitative estimate of drug-likeness (QED) is 0.186. The first-order valence-electron chi connectivity index (χ1n) is 9.72. The normalized spacial score (nSPS) is 36.2. The van der Waals surface area contributed by atoms with Gasteiger partial charge in [-0.25, -0.2) is 18.4 Å². The number of aliphatic hydroxyl groups excluding tert-OH is 1. The molecule has 2 fully saturated rings. The van der Waals surface area contributed by atoms with E-state index >= 15 is 0 Å². The minimum Gasteiger partial charge on any atom is -0.459 e. The summed E-state index contributed by atoms with van der Waals surface area (Å²) in [6, 6.07) is 0. The lowest BCUT2D eigenvalue weighted by molar-refractivity contribution is -0.147. The van der Waals surface area contributed by atoms with E-state index in [2.05, 4.69) is 70.5 Å². The van der Waals surface area contributed by atoms with Crippen LogP contribution in [-0.4, -0.2) is 52.4 Å². The lowest BCUT2D eigenvalue weighted by atomic mass is 10.0. The summed E-state index contributed by atoms with van der Waals surface area (Å²) in [7, 11) is -1.39. The number of aliphatic hydroxyl groups is 1. The fourth-order valence-electron chi connectivity index (χ4n) is 2.11.